The number of nitrogens with zero attached hydrogens (tertiary/aromatic N) is 1. The molecule has 0 unspecified atom stereocenters. The molecule has 0 atom stereocenters. The first-order valence-electron chi connectivity index (χ1n) is 6.48. The molecule has 1 amide bonds. The number of aryl methyl sites for hydroxylation is 1. The molecule has 1 rings (SSSR count). The predicted octanol–water partition coefficient (Wildman–Crippen LogP) is 2.72. The molecule has 0 aliphatic heterocycles. The Labute approximate surface area is 119 Å². The summed E-state index contributed by atoms with van der Waals surface area (Å²) in [6.45, 7) is 7.11. The van der Waals surface area contributed by atoms with Crippen LogP contribution in [0.1, 0.15) is 31.9 Å². The van der Waals surface area contributed by atoms with Crippen molar-refractivity contribution in [3.05, 3.63) is 41.5 Å². The van der Waals surface area contributed by atoms with Crippen molar-refractivity contribution in [2.45, 2.75) is 33.2 Å². The molecule has 0 aliphatic carbocycles. The summed E-state index contributed by atoms with van der Waals surface area (Å²) in [5.41, 5.74) is 1.49. The van der Waals surface area contributed by atoms with Crippen LogP contribution in [0.4, 0.5) is 0 Å². The number of hydrogen-bond acceptors (Lipinski definition) is 2. The second-order valence-electron chi connectivity index (χ2n) is 5.74. The Hall–Kier alpha value is -2.10. The molecule has 1 N–H and O–H groups in total. The minimum Gasteiger partial charge on any atom is -0.480 e. The molecule has 1 aromatic rings. The van der Waals surface area contributed by atoms with E-state index in [-0.39, 0.29) is 12.5 Å². The molecule has 0 saturated heterocycles. The van der Waals surface area contributed by atoms with E-state index in [2.05, 4.69) is 0 Å². The summed E-state index contributed by atoms with van der Waals surface area (Å²) in [4.78, 5) is 24.4. The van der Waals surface area contributed by atoms with Crippen molar-refractivity contribution in [3.8, 4) is 0 Å². The molecule has 0 aromatic heterocycles. The summed E-state index contributed by atoms with van der Waals surface area (Å²) in [7, 11) is 0. The summed E-state index contributed by atoms with van der Waals surface area (Å²) in [5, 5.41) is 8.90. The maximum absolute atomic E-state index is 12.2. The van der Waals surface area contributed by atoms with Gasteiger partial charge in [0.25, 0.3) is 0 Å². The van der Waals surface area contributed by atoms with E-state index in [0.29, 0.717) is 0 Å². The molecule has 4 nitrogen and oxygen atoms in total. The quantitative estimate of drug-likeness (QED) is 0.860. The zero-order chi connectivity index (χ0) is 15.3. The third-order valence-electron chi connectivity index (χ3n) is 2.83. The molecule has 0 aliphatic rings. The van der Waals surface area contributed by atoms with Crippen LogP contribution in [0.15, 0.2) is 30.3 Å². The zero-order valence-corrected chi connectivity index (χ0v) is 12.4. The van der Waals surface area contributed by atoms with Crippen LogP contribution in [-0.2, 0) is 9.59 Å². The fourth-order valence-electron chi connectivity index (χ4n) is 1.81. The Morgan fingerprint density at radius 3 is 2.45 bits per heavy atom. The van der Waals surface area contributed by atoms with Crippen LogP contribution in [0.5, 0.6) is 0 Å². The predicted molar refractivity (Wildman–Crippen MR) is 79.3 cm³/mol. The Kier molecular flexibility index (Phi) is 5.08. The van der Waals surface area contributed by atoms with Crippen molar-refractivity contribution in [3.63, 3.8) is 0 Å². The van der Waals surface area contributed by atoms with Crippen molar-refractivity contribution < 1.29 is 14.7 Å². The van der Waals surface area contributed by atoms with Crippen molar-refractivity contribution in [1.82, 2.24) is 4.90 Å². The van der Waals surface area contributed by atoms with E-state index in [0.717, 1.165) is 11.1 Å². The summed E-state index contributed by atoms with van der Waals surface area (Å²) in [6.07, 6.45) is 3.12. The molecule has 1 aromatic carbocycles. The minimum absolute atomic E-state index is 0.304. The molecule has 0 fully saturated rings. The van der Waals surface area contributed by atoms with Gasteiger partial charge in [-0.3, -0.25) is 9.59 Å². The molecule has 0 saturated carbocycles. The number of aliphatic carboxylic acids is 1. The number of amides is 1. The lowest BCUT2D eigenvalue weighted by Gasteiger charge is -2.33. The highest BCUT2D eigenvalue weighted by molar-refractivity contribution is 5.94. The van der Waals surface area contributed by atoms with E-state index in [4.69, 9.17) is 5.11 Å². The third-order valence-corrected chi connectivity index (χ3v) is 2.83. The third kappa shape index (κ3) is 4.88. The molecule has 108 valence electrons. The number of rotatable bonds is 4. The van der Waals surface area contributed by atoms with Crippen LogP contribution < -0.4 is 0 Å². The van der Waals surface area contributed by atoms with Crippen LogP contribution in [0.3, 0.4) is 0 Å². The zero-order valence-electron chi connectivity index (χ0n) is 12.4. The fraction of sp³-hybridized carbons (Fsp3) is 0.375. The number of carboxylic acid groups (broad SMARTS) is 1. The number of hydrogen-bond donors (Lipinski definition) is 1. The van der Waals surface area contributed by atoms with Crippen molar-refractivity contribution in [2.75, 3.05) is 6.54 Å². The first-order chi connectivity index (χ1) is 9.20. The van der Waals surface area contributed by atoms with Gasteiger partial charge >= 0.3 is 5.97 Å². The number of carboxylic acids is 1. The standard InChI is InChI=1S/C16H21NO3/c1-12-6-5-7-13(10-12)8-9-14(18)17(11-15(19)20)16(2,3)4/h5-10H,11H2,1-4H3,(H,19,20). The first-order valence-corrected chi connectivity index (χ1v) is 6.48. The van der Waals surface area contributed by atoms with Gasteiger partial charge in [-0.1, -0.05) is 29.8 Å². The van der Waals surface area contributed by atoms with Gasteiger partial charge in [0, 0.05) is 11.6 Å². The van der Waals surface area contributed by atoms with E-state index in [9.17, 15) is 9.59 Å². The maximum atomic E-state index is 12.2. The second kappa shape index (κ2) is 6.37. The Morgan fingerprint density at radius 2 is 1.95 bits per heavy atom. The average molecular weight is 275 g/mol. The summed E-state index contributed by atoms with van der Waals surface area (Å²) >= 11 is 0. The van der Waals surface area contributed by atoms with Gasteiger partial charge in [0.1, 0.15) is 6.54 Å². The van der Waals surface area contributed by atoms with Gasteiger partial charge in [-0.05, 0) is 39.3 Å². The Bertz CT molecular complexity index is 527. The van der Waals surface area contributed by atoms with Crippen LogP contribution in [0.25, 0.3) is 6.08 Å². The largest absolute Gasteiger partial charge is 0.480 e. The molecule has 0 heterocycles. The summed E-state index contributed by atoms with van der Waals surface area (Å²) in [5.74, 6) is -1.32. The highest BCUT2D eigenvalue weighted by Crippen LogP contribution is 2.14. The molecule has 0 bridgehead atoms. The van der Waals surface area contributed by atoms with Crippen LogP contribution in [0.2, 0.25) is 0 Å². The molecule has 4 heteroatoms. The van der Waals surface area contributed by atoms with E-state index in [1.165, 1.54) is 11.0 Å². The van der Waals surface area contributed by atoms with Crippen molar-refractivity contribution in [1.29, 1.82) is 0 Å². The van der Waals surface area contributed by atoms with Gasteiger partial charge in [-0.25, -0.2) is 0 Å². The van der Waals surface area contributed by atoms with Gasteiger partial charge in [0.2, 0.25) is 5.91 Å². The van der Waals surface area contributed by atoms with Gasteiger partial charge in [-0.2, -0.15) is 0 Å². The highest BCUT2D eigenvalue weighted by atomic mass is 16.4. The molecule has 0 spiro atoms. The van der Waals surface area contributed by atoms with E-state index < -0.39 is 11.5 Å². The normalized spacial score (nSPS) is 11.6. The number of carbonyl (C=O) groups excluding carboxylic acids is 1. The second-order valence-corrected chi connectivity index (χ2v) is 5.74. The molecular formula is C16H21NO3. The van der Waals surface area contributed by atoms with Crippen molar-refractivity contribution >= 4 is 18.0 Å². The lowest BCUT2D eigenvalue weighted by atomic mass is 10.1. The fourth-order valence-corrected chi connectivity index (χ4v) is 1.81. The smallest absolute Gasteiger partial charge is 0.323 e. The van der Waals surface area contributed by atoms with E-state index >= 15 is 0 Å². The van der Waals surface area contributed by atoms with Gasteiger partial charge < -0.3 is 10.0 Å². The first kappa shape index (κ1) is 16.0. The van der Waals surface area contributed by atoms with E-state index in [1.54, 1.807) is 6.08 Å². The maximum Gasteiger partial charge on any atom is 0.323 e. The van der Waals surface area contributed by atoms with Gasteiger partial charge in [-0.15, -0.1) is 0 Å². The SMILES string of the molecule is Cc1cccc(C=CC(=O)N(CC(=O)O)C(C)(C)C)c1. The topological polar surface area (TPSA) is 57.6 Å². The Balaban J connectivity index is 2.88. The van der Waals surface area contributed by atoms with E-state index in [1.807, 2.05) is 52.0 Å². The lowest BCUT2D eigenvalue weighted by molar-refractivity contribution is -0.145. The van der Waals surface area contributed by atoms with Crippen LogP contribution in [-0.4, -0.2) is 34.0 Å². The summed E-state index contributed by atoms with van der Waals surface area (Å²) < 4.78 is 0. The molecule has 20 heavy (non-hydrogen) atoms. The Morgan fingerprint density at radius 1 is 1.30 bits per heavy atom. The van der Waals surface area contributed by atoms with Gasteiger partial charge in [0.05, 0.1) is 0 Å². The lowest BCUT2D eigenvalue weighted by Crippen LogP contribution is -2.47. The monoisotopic (exact) mass is 275 g/mol. The molecule has 0 radical (unpaired) electrons. The van der Waals surface area contributed by atoms with Gasteiger partial charge in [0.15, 0.2) is 0 Å². The number of benzene rings is 1. The van der Waals surface area contributed by atoms with Crippen LogP contribution in [0, 0.1) is 6.92 Å². The molecular weight excluding hydrogens is 254 g/mol. The number of carbonyl (C=O) groups is 2. The minimum atomic E-state index is -1.02. The van der Waals surface area contributed by atoms with Crippen molar-refractivity contribution in [2.24, 2.45) is 0 Å². The highest BCUT2D eigenvalue weighted by Gasteiger charge is 2.26. The van der Waals surface area contributed by atoms with Crippen LogP contribution >= 0.6 is 0 Å². The average Bonchev–Trinajstić information content (AvgIpc) is 2.31. The summed E-state index contributed by atoms with van der Waals surface area (Å²) in [6, 6.07) is 7.75.